The van der Waals surface area contributed by atoms with Crippen LogP contribution in [0.15, 0.2) is 23.8 Å². The summed E-state index contributed by atoms with van der Waals surface area (Å²) in [6, 6.07) is 0. The number of carboxylic acid groups (broad SMARTS) is 1. The van der Waals surface area contributed by atoms with E-state index in [4.69, 9.17) is 4.74 Å². The van der Waals surface area contributed by atoms with Gasteiger partial charge in [-0.2, -0.15) is 0 Å². The van der Waals surface area contributed by atoms with Crippen molar-refractivity contribution in [2.75, 3.05) is 0 Å². The molecule has 0 saturated heterocycles. The second kappa shape index (κ2) is 7.82. The molecule has 0 radical (unpaired) electrons. The minimum Gasteiger partial charge on any atom is -0.481 e. The van der Waals surface area contributed by atoms with Crippen LogP contribution in [0.2, 0.25) is 0 Å². The average Bonchev–Trinajstić information content (AvgIpc) is 2.76. The zero-order valence-corrected chi connectivity index (χ0v) is 24.1. The molecule has 1 N–H and O–H groups in total. The van der Waals surface area contributed by atoms with Gasteiger partial charge in [-0.3, -0.25) is 14.4 Å². The van der Waals surface area contributed by atoms with Crippen LogP contribution < -0.4 is 0 Å². The Hall–Kier alpha value is -1.91. The molecule has 0 heterocycles. The Morgan fingerprint density at radius 3 is 2.24 bits per heavy atom. The lowest BCUT2D eigenvalue weighted by molar-refractivity contribution is -0.192. The maximum absolute atomic E-state index is 14.4. The molecule has 5 rings (SSSR count). The first kappa shape index (κ1) is 26.7. The van der Waals surface area contributed by atoms with Gasteiger partial charge in [-0.1, -0.05) is 54.5 Å². The number of rotatable bonds is 2. The molecule has 0 amide bonds. The van der Waals surface area contributed by atoms with Crippen molar-refractivity contribution in [2.24, 2.45) is 50.2 Å². The van der Waals surface area contributed by atoms with E-state index >= 15 is 0 Å². The number of carboxylic acids is 1. The van der Waals surface area contributed by atoms with Gasteiger partial charge in [0, 0.05) is 18.3 Å². The Labute approximate surface area is 222 Å². The van der Waals surface area contributed by atoms with Crippen molar-refractivity contribution in [3.05, 3.63) is 23.8 Å². The highest BCUT2D eigenvalue weighted by Crippen LogP contribution is 2.74. The molecule has 0 bridgehead atoms. The average molecular weight is 511 g/mol. The molecule has 5 aliphatic carbocycles. The third-order valence-corrected chi connectivity index (χ3v) is 12.5. The minimum atomic E-state index is -0.812. The number of aliphatic carboxylic acids is 1. The highest BCUT2D eigenvalue weighted by atomic mass is 16.5. The highest BCUT2D eigenvalue weighted by molar-refractivity contribution is 5.96. The van der Waals surface area contributed by atoms with Gasteiger partial charge in [0.2, 0.25) is 0 Å². The molecule has 0 aliphatic heterocycles. The molecule has 3 fully saturated rings. The smallest absolute Gasteiger partial charge is 0.309 e. The van der Waals surface area contributed by atoms with Gasteiger partial charge in [0.1, 0.15) is 6.10 Å². The van der Waals surface area contributed by atoms with E-state index in [9.17, 15) is 19.5 Å². The molecule has 37 heavy (non-hydrogen) atoms. The standard InChI is InChI=1S/C32H46O5/c1-19(33)37-24-10-11-28(4,5)22-9-12-29(6)23(31(22,24)8)17-21(34)25-20-18-27(2,3)13-15-32(20,26(35)36)16-14-30(25,29)7/h10-11,17,20,22,24-25H,9,12-16,18H2,1-8H3,(H,35,36)/t20?,22?,24-,25?,29+,30+,31-,32-/m0/s1. The molecular formula is C32H46O5. The minimum absolute atomic E-state index is 0.0231. The van der Waals surface area contributed by atoms with Crippen LogP contribution in [0.3, 0.4) is 0 Å². The van der Waals surface area contributed by atoms with E-state index in [2.05, 4.69) is 54.5 Å². The Morgan fingerprint density at radius 2 is 1.62 bits per heavy atom. The molecule has 5 nitrogen and oxygen atoms in total. The lowest BCUT2D eigenvalue weighted by Crippen LogP contribution is -2.66. The Kier molecular flexibility index (Phi) is 5.64. The Balaban J connectivity index is 1.69. The fourth-order valence-corrected chi connectivity index (χ4v) is 10.3. The number of ether oxygens (including phenoxy) is 1. The number of ketones is 1. The molecule has 5 heteroatoms. The van der Waals surface area contributed by atoms with Crippen LogP contribution in [-0.4, -0.2) is 28.9 Å². The van der Waals surface area contributed by atoms with Gasteiger partial charge in [-0.05, 0) is 96.2 Å². The SMILES string of the molecule is CC(=O)O[C@H]1C=CC(C)(C)C2CC[C@]3(C)C(=CC(=O)C4C5CC(C)(C)CC[C@]5(C(=O)O)CC[C@]43C)[C@]21C. The van der Waals surface area contributed by atoms with Crippen LogP contribution in [0, 0.1) is 50.2 Å². The summed E-state index contributed by atoms with van der Waals surface area (Å²) in [7, 11) is 0. The first-order valence-electron chi connectivity index (χ1n) is 14.3. The number of fused-ring (bicyclic) bond motifs is 7. The van der Waals surface area contributed by atoms with Gasteiger partial charge >= 0.3 is 11.9 Å². The zero-order chi connectivity index (χ0) is 27.4. The molecule has 0 spiro atoms. The second-order valence-corrected chi connectivity index (χ2v) is 15.2. The van der Waals surface area contributed by atoms with Crippen molar-refractivity contribution in [2.45, 2.75) is 106 Å². The molecule has 0 aromatic rings. The van der Waals surface area contributed by atoms with Gasteiger partial charge in [0.15, 0.2) is 5.78 Å². The third-order valence-electron chi connectivity index (χ3n) is 12.5. The fraction of sp³-hybridized carbons (Fsp3) is 0.781. The van der Waals surface area contributed by atoms with Gasteiger partial charge in [0.25, 0.3) is 0 Å². The lowest BCUT2D eigenvalue weighted by Gasteiger charge is -2.69. The molecule has 204 valence electrons. The molecule has 3 saturated carbocycles. The summed E-state index contributed by atoms with van der Waals surface area (Å²) in [5.74, 6) is -1.15. The van der Waals surface area contributed by atoms with Crippen molar-refractivity contribution in [3.8, 4) is 0 Å². The molecule has 8 atom stereocenters. The van der Waals surface area contributed by atoms with E-state index in [-0.39, 0.29) is 51.2 Å². The lowest BCUT2D eigenvalue weighted by atomic mass is 9.34. The summed E-state index contributed by atoms with van der Waals surface area (Å²) in [6.45, 7) is 17.2. The molecule has 3 unspecified atom stereocenters. The number of hydrogen-bond acceptors (Lipinski definition) is 4. The zero-order valence-electron chi connectivity index (χ0n) is 24.1. The fourth-order valence-electron chi connectivity index (χ4n) is 10.3. The van der Waals surface area contributed by atoms with E-state index in [0.29, 0.717) is 12.8 Å². The number of esters is 1. The van der Waals surface area contributed by atoms with E-state index < -0.39 is 22.9 Å². The van der Waals surface area contributed by atoms with Crippen LogP contribution in [0.25, 0.3) is 0 Å². The summed E-state index contributed by atoms with van der Waals surface area (Å²) in [5, 5.41) is 10.5. The summed E-state index contributed by atoms with van der Waals surface area (Å²) in [4.78, 5) is 39.4. The van der Waals surface area contributed by atoms with Crippen LogP contribution in [0.1, 0.15) is 100 Å². The van der Waals surface area contributed by atoms with E-state index in [1.807, 2.05) is 12.2 Å². The molecular weight excluding hydrogens is 464 g/mol. The van der Waals surface area contributed by atoms with E-state index in [1.54, 1.807) is 0 Å². The topological polar surface area (TPSA) is 80.7 Å². The van der Waals surface area contributed by atoms with Crippen molar-refractivity contribution in [1.29, 1.82) is 0 Å². The number of carbonyl (C=O) groups is 3. The van der Waals surface area contributed by atoms with E-state index in [1.165, 1.54) is 6.92 Å². The number of carbonyl (C=O) groups excluding carboxylic acids is 2. The van der Waals surface area contributed by atoms with Crippen LogP contribution >= 0.6 is 0 Å². The maximum atomic E-state index is 14.4. The molecule has 5 aliphatic rings. The summed E-state index contributed by atoms with van der Waals surface area (Å²) in [5.41, 5.74) is -0.862. The Morgan fingerprint density at radius 1 is 0.973 bits per heavy atom. The highest BCUT2D eigenvalue weighted by Gasteiger charge is 2.71. The first-order valence-corrected chi connectivity index (χ1v) is 14.3. The monoisotopic (exact) mass is 510 g/mol. The van der Waals surface area contributed by atoms with Crippen LogP contribution in [-0.2, 0) is 19.1 Å². The first-order chi connectivity index (χ1) is 16.9. The van der Waals surface area contributed by atoms with Gasteiger partial charge < -0.3 is 9.84 Å². The summed E-state index contributed by atoms with van der Waals surface area (Å²) < 4.78 is 5.96. The number of allylic oxidation sites excluding steroid dienone is 2. The largest absolute Gasteiger partial charge is 0.481 e. The van der Waals surface area contributed by atoms with Crippen molar-refractivity contribution in [1.82, 2.24) is 0 Å². The third kappa shape index (κ3) is 3.37. The maximum Gasteiger partial charge on any atom is 0.309 e. The van der Waals surface area contributed by atoms with Crippen molar-refractivity contribution >= 4 is 17.7 Å². The van der Waals surface area contributed by atoms with Crippen LogP contribution in [0.5, 0.6) is 0 Å². The number of hydrogen-bond donors (Lipinski definition) is 1. The van der Waals surface area contributed by atoms with Gasteiger partial charge in [-0.25, -0.2) is 0 Å². The second-order valence-electron chi connectivity index (χ2n) is 15.2. The van der Waals surface area contributed by atoms with Crippen LogP contribution in [0.4, 0.5) is 0 Å². The predicted molar refractivity (Wildman–Crippen MR) is 143 cm³/mol. The summed E-state index contributed by atoms with van der Waals surface area (Å²) >= 11 is 0. The molecule has 0 aromatic carbocycles. The Bertz CT molecular complexity index is 1110. The predicted octanol–water partition coefficient (Wildman–Crippen LogP) is 6.76. The van der Waals surface area contributed by atoms with Crippen molar-refractivity contribution < 1.29 is 24.2 Å². The quantitative estimate of drug-likeness (QED) is 0.328. The molecule has 0 aromatic heterocycles. The van der Waals surface area contributed by atoms with E-state index in [0.717, 1.165) is 37.7 Å². The van der Waals surface area contributed by atoms with Gasteiger partial charge in [0.05, 0.1) is 5.41 Å². The normalized spacial score (nSPS) is 47.5. The van der Waals surface area contributed by atoms with Gasteiger partial charge in [-0.15, -0.1) is 0 Å². The van der Waals surface area contributed by atoms with Crippen molar-refractivity contribution in [3.63, 3.8) is 0 Å². The summed E-state index contributed by atoms with van der Waals surface area (Å²) in [6.07, 6.45) is 11.3.